The minimum atomic E-state index is -1.57. The number of imidazole rings is 1. The van der Waals surface area contributed by atoms with Gasteiger partial charge >= 0.3 is 11.9 Å². The van der Waals surface area contributed by atoms with Crippen molar-refractivity contribution in [1.82, 2.24) is 25.9 Å². The number of aromatic nitrogens is 2. The SMILES string of the molecule is CC(NC(=O)C(N)CS)C(=O)NC(CC(=O)O)C(=O)NC(Cc1cnc[nH]1)C(=O)O. The van der Waals surface area contributed by atoms with E-state index < -0.39 is 60.2 Å². The molecule has 4 atom stereocenters. The minimum absolute atomic E-state index is 0.0388. The highest BCUT2D eigenvalue weighted by atomic mass is 32.1. The van der Waals surface area contributed by atoms with Crippen LogP contribution >= 0.6 is 12.6 Å². The lowest BCUT2D eigenvalue weighted by atomic mass is 10.1. The van der Waals surface area contributed by atoms with Gasteiger partial charge in [0.15, 0.2) is 0 Å². The number of aliphatic carboxylic acids is 2. The molecular formula is C16H24N6O7S. The second-order valence-electron chi connectivity index (χ2n) is 6.36. The molecule has 0 saturated carbocycles. The topological polar surface area (TPSA) is 217 Å². The van der Waals surface area contributed by atoms with Gasteiger partial charge in [0.05, 0.1) is 18.8 Å². The number of nitrogens with zero attached hydrogens (tertiary/aromatic N) is 1. The van der Waals surface area contributed by atoms with E-state index in [1.807, 2.05) is 0 Å². The average molecular weight is 444 g/mol. The van der Waals surface area contributed by atoms with Crippen LogP contribution in [-0.2, 0) is 30.4 Å². The van der Waals surface area contributed by atoms with Gasteiger partial charge in [-0.05, 0) is 6.92 Å². The highest BCUT2D eigenvalue weighted by molar-refractivity contribution is 7.80. The number of hydrogen-bond donors (Lipinski definition) is 8. The van der Waals surface area contributed by atoms with Crippen LogP contribution in [0.5, 0.6) is 0 Å². The first-order valence-corrected chi connectivity index (χ1v) is 9.37. The molecule has 0 aliphatic rings. The van der Waals surface area contributed by atoms with Crippen LogP contribution in [0.2, 0.25) is 0 Å². The van der Waals surface area contributed by atoms with Crippen LogP contribution < -0.4 is 21.7 Å². The third-order valence-corrected chi connectivity index (χ3v) is 4.28. The first-order chi connectivity index (χ1) is 14.0. The Balaban J connectivity index is 2.82. The quantitative estimate of drug-likeness (QED) is 0.156. The molecule has 3 amide bonds. The fraction of sp³-hybridized carbons (Fsp3) is 0.500. The summed E-state index contributed by atoms with van der Waals surface area (Å²) in [7, 11) is 0. The van der Waals surface area contributed by atoms with Gasteiger partial charge in [0, 0.05) is 24.1 Å². The predicted octanol–water partition coefficient (Wildman–Crippen LogP) is -2.76. The molecule has 1 rings (SSSR count). The van der Waals surface area contributed by atoms with Gasteiger partial charge in [-0.1, -0.05) is 0 Å². The van der Waals surface area contributed by atoms with Crippen LogP contribution in [0.4, 0.5) is 0 Å². The zero-order valence-corrected chi connectivity index (χ0v) is 16.9. The molecule has 30 heavy (non-hydrogen) atoms. The van der Waals surface area contributed by atoms with Gasteiger partial charge < -0.3 is 36.9 Å². The molecule has 1 aromatic heterocycles. The number of nitrogens with one attached hydrogen (secondary N) is 4. The molecule has 14 heteroatoms. The maximum Gasteiger partial charge on any atom is 0.326 e. The normalized spacial score (nSPS) is 14.6. The molecule has 166 valence electrons. The summed E-state index contributed by atoms with van der Waals surface area (Å²) in [5.41, 5.74) is 5.92. The fourth-order valence-electron chi connectivity index (χ4n) is 2.24. The number of carbonyl (C=O) groups excluding carboxylic acids is 3. The molecule has 0 bridgehead atoms. The van der Waals surface area contributed by atoms with E-state index in [1.165, 1.54) is 19.4 Å². The van der Waals surface area contributed by atoms with Gasteiger partial charge in [-0.3, -0.25) is 19.2 Å². The zero-order valence-electron chi connectivity index (χ0n) is 16.0. The van der Waals surface area contributed by atoms with E-state index in [0.717, 1.165) is 0 Å². The number of carbonyl (C=O) groups is 5. The predicted molar refractivity (Wildman–Crippen MR) is 105 cm³/mol. The van der Waals surface area contributed by atoms with Gasteiger partial charge in [0.25, 0.3) is 0 Å². The van der Waals surface area contributed by atoms with Crippen molar-refractivity contribution in [3.63, 3.8) is 0 Å². The molecule has 0 aliphatic carbocycles. The number of nitrogens with two attached hydrogens (primary N) is 1. The van der Waals surface area contributed by atoms with Crippen LogP contribution in [0.1, 0.15) is 19.0 Å². The Kier molecular flexibility index (Phi) is 9.77. The first-order valence-electron chi connectivity index (χ1n) is 8.74. The lowest BCUT2D eigenvalue weighted by Gasteiger charge is -2.22. The largest absolute Gasteiger partial charge is 0.481 e. The molecule has 0 radical (unpaired) electrons. The number of aromatic amines is 1. The fourth-order valence-corrected chi connectivity index (χ4v) is 2.40. The summed E-state index contributed by atoms with van der Waals surface area (Å²) in [6.45, 7) is 1.31. The number of H-pyrrole nitrogens is 1. The third-order valence-electron chi connectivity index (χ3n) is 3.89. The highest BCUT2D eigenvalue weighted by Crippen LogP contribution is 2.02. The molecule has 4 unspecified atom stereocenters. The van der Waals surface area contributed by atoms with Crippen LogP contribution in [0.25, 0.3) is 0 Å². The molecule has 1 heterocycles. The Morgan fingerprint density at radius 1 is 1.10 bits per heavy atom. The molecule has 0 aliphatic heterocycles. The molecule has 0 fully saturated rings. The highest BCUT2D eigenvalue weighted by Gasteiger charge is 2.30. The molecule has 13 nitrogen and oxygen atoms in total. The number of thiol groups is 1. The zero-order chi connectivity index (χ0) is 22.8. The Labute approximate surface area is 176 Å². The van der Waals surface area contributed by atoms with Gasteiger partial charge in [-0.25, -0.2) is 9.78 Å². The molecule has 8 N–H and O–H groups in total. The standard InChI is InChI=1S/C16H24N6O7S/c1-7(20-14(26)9(17)5-30)13(25)21-10(3-12(23)24)15(27)22-11(16(28)29)2-8-4-18-6-19-8/h4,6-7,9-11,30H,2-3,5,17H2,1H3,(H,18,19)(H,20,26)(H,21,25)(H,22,27)(H,23,24)(H,28,29). The van der Waals surface area contributed by atoms with Crippen LogP contribution in [0.15, 0.2) is 12.5 Å². The summed E-state index contributed by atoms with van der Waals surface area (Å²) in [6, 6.07) is -5.05. The second kappa shape index (κ2) is 11.8. The van der Waals surface area contributed by atoms with Crippen molar-refractivity contribution in [2.45, 2.75) is 43.9 Å². The van der Waals surface area contributed by atoms with Crippen molar-refractivity contribution in [2.75, 3.05) is 5.75 Å². The van der Waals surface area contributed by atoms with Crippen molar-refractivity contribution in [1.29, 1.82) is 0 Å². The van der Waals surface area contributed by atoms with Gasteiger partial charge in [-0.15, -0.1) is 0 Å². The second-order valence-corrected chi connectivity index (χ2v) is 6.72. The summed E-state index contributed by atoms with van der Waals surface area (Å²) in [5.74, 6) is -5.24. The van der Waals surface area contributed by atoms with Crippen molar-refractivity contribution >= 4 is 42.3 Å². The van der Waals surface area contributed by atoms with Crippen molar-refractivity contribution in [3.8, 4) is 0 Å². The van der Waals surface area contributed by atoms with Crippen LogP contribution in [-0.4, -0.2) is 79.8 Å². The lowest BCUT2D eigenvalue weighted by Crippen LogP contribution is -2.57. The molecule has 0 spiro atoms. The number of rotatable bonds is 12. The summed E-state index contributed by atoms with van der Waals surface area (Å²) in [5, 5.41) is 25.0. The molecule has 0 saturated heterocycles. The van der Waals surface area contributed by atoms with E-state index in [0.29, 0.717) is 5.69 Å². The Morgan fingerprint density at radius 2 is 1.73 bits per heavy atom. The summed E-state index contributed by atoms with van der Waals surface area (Å²) >= 11 is 3.87. The van der Waals surface area contributed by atoms with E-state index >= 15 is 0 Å². The maximum atomic E-state index is 12.5. The van der Waals surface area contributed by atoms with Crippen molar-refractivity contribution in [2.24, 2.45) is 5.73 Å². The third kappa shape index (κ3) is 8.08. The lowest BCUT2D eigenvalue weighted by molar-refractivity contribution is -0.143. The number of hydrogen-bond acceptors (Lipinski definition) is 8. The smallest absolute Gasteiger partial charge is 0.326 e. The van der Waals surface area contributed by atoms with Gasteiger partial charge in [0.1, 0.15) is 18.1 Å². The van der Waals surface area contributed by atoms with E-state index in [2.05, 4.69) is 38.5 Å². The molecule has 1 aromatic rings. The van der Waals surface area contributed by atoms with Crippen LogP contribution in [0, 0.1) is 0 Å². The minimum Gasteiger partial charge on any atom is -0.481 e. The van der Waals surface area contributed by atoms with E-state index in [9.17, 15) is 29.1 Å². The maximum absolute atomic E-state index is 12.5. The summed E-state index contributed by atoms with van der Waals surface area (Å²) in [6.07, 6.45) is 1.77. The molecular weight excluding hydrogens is 420 g/mol. The van der Waals surface area contributed by atoms with Gasteiger partial charge in [0.2, 0.25) is 17.7 Å². The number of carboxylic acids is 2. The number of amides is 3. The molecule has 0 aromatic carbocycles. The number of carboxylic acid groups (broad SMARTS) is 2. The average Bonchev–Trinajstić information content (AvgIpc) is 3.18. The van der Waals surface area contributed by atoms with Crippen LogP contribution in [0.3, 0.4) is 0 Å². The van der Waals surface area contributed by atoms with Crippen molar-refractivity contribution in [3.05, 3.63) is 18.2 Å². The first kappa shape index (κ1) is 24.9. The van der Waals surface area contributed by atoms with E-state index in [4.69, 9.17) is 10.8 Å². The Bertz CT molecular complexity index is 772. The van der Waals surface area contributed by atoms with E-state index in [1.54, 1.807) is 0 Å². The Hall–Kier alpha value is -3.13. The summed E-state index contributed by atoms with van der Waals surface area (Å²) in [4.78, 5) is 65.4. The van der Waals surface area contributed by atoms with E-state index in [-0.39, 0.29) is 12.2 Å². The van der Waals surface area contributed by atoms with Crippen molar-refractivity contribution < 1.29 is 34.2 Å². The Morgan fingerprint density at radius 3 is 2.23 bits per heavy atom. The van der Waals surface area contributed by atoms with Gasteiger partial charge in [-0.2, -0.15) is 12.6 Å². The summed E-state index contributed by atoms with van der Waals surface area (Å²) < 4.78 is 0. The monoisotopic (exact) mass is 444 g/mol.